The van der Waals surface area contributed by atoms with Gasteiger partial charge in [-0.1, -0.05) is 0 Å². The summed E-state index contributed by atoms with van der Waals surface area (Å²) < 4.78 is 23.7. The van der Waals surface area contributed by atoms with Crippen LogP contribution in [0, 0.1) is 15.9 Å². The van der Waals surface area contributed by atoms with Crippen molar-refractivity contribution in [2.75, 3.05) is 0 Å². The number of benzene rings is 2. The van der Waals surface area contributed by atoms with Gasteiger partial charge >= 0.3 is 0 Å². The van der Waals surface area contributed by atoms with Crippen molar-refractivity contribution in [3.8, 4) is 22.8 Å². The quantitative estimate of drug-likeness (QED) is 0.513. The molecule has 0 radical (unpaired) electrons. The lowest BCUT2D eigenvalue weighted by atomic mass is 10.1. The van der Waals surface area contributed by atoms with Crippen molar-refractivity contribution in [3.63, 3.8) is 0 Å². The lowest BCUT2D eigenvalue weighted by Crippen LogP contribution is -1.91. The zero-order valence-electron chi connectivity index (χ0n) is 11.2. The summed E-state index contributed by atoms with van der Waals surface area (Å²) in [6.45, 7) is 0. The second-order valence-electron chi connectivity index (χ2n) is 4.51. The van der Waals surface area contributed by atoms with E-state index in [1.165, 1.54) is 42.7 Å². The molecule has 0 bridgehead atoms. The number of hydrogen-bond acceptors (Lipinski definition) is 4. The van der Waals surface area contributed by atoms with Crippen LogP contribution in [0.25, 0.3) is 11.3 Å². The summed E-state index contributed by atoms with van der Waals surface area (Å²) in [6, 6.07) is 13.1. The number of halogens is 1. The van der Waals surface area contributed by atoms with Gasteiger partial charge in [-0.2, -0.15) is 0 Å². The summed E-state index contributed by atoms with van der Waals surface area (Å²) in [5, 5.41) is 11.0. The van der Waals surface area contributed by atoms with Crippen molar-refractivity contribution in [2.24, 2.45) is 0 Å². The molecule has 0 aliphatic carbocycles. The summed E-state index contributed by atoms with van der Waals surface area (Å²) in [4.78, 5) is 10.5. The maximum atomic E-state index is 12.9. The van der Waals surface area contributed by atoms with E-state index in [0.717, 1.165) is 0 Å². The number of nitrogens with zero attached hydrogens (tertiary/aromatic N) is 1. The SMILES string of the molecule is O=[N+]([O-])c1cc(Oc2ccc(F)cc2)cc(-c2ccco2)c1. The Bertz CT molecular complexity index is 798. The summed E-state index contributed by atoms with van der Waals surface area (Å²) in [5.74, 6) is 0.759. The topological polar surface area (TPSA) is 65.5 Å². The molecule has 0 atom stereocenters. The van der Waals surface area contributed by atoms with Crippen LogP contribution in [0.4, 0.5) is 10.1 Å². The fourth-order valence-electron chi connectivity index (χ4n) is 1.97. The fourth-order valence-corrected chi connectivity index (χ4v) is 1.97. The molecule has 110 valence electrons. The molecule has 0 aliphatic heterocycles. The Morgan fingerprint density at radius 2 is 1.82 bits per heavy atom. The van der Waals surface area contributed by atoms with E-state index in [1.54, 1.807) is 18.2 Å². The summed E-state index contributed by atoms with van der Waals surface area (Å²) in [7, 11) is 0. The highest BCUT2D eigenvalue weighted by Crippen LogP contribution is 2.32. The van der Waals surface area contributed by atoms with Gasteiger partial charge in [0.15, 0.2) is 0 Å². The normalized spacial score (nSPS) is 10.4. The molecular weight excluding hydrogens is 289 g/mol. The molecule has 0 amide bonds. The molecule has 0 fully saturated rings. The summed E-state index contributed by atoms with van der Waals surface area (Å²) >= 11 is 0. The molecule has 0 spiro atoms. The van der Waals surface area contributed by atoms with E-state index in [2.05, 4.69) is 0 Å². The van der Waals surface area contributed by atoms with E-state index >= 15 is 0 Å². The Morgan fingerprint density at radius 1 is 1.05 bits per heavy atom. The third kappa shape index (κ3) is 2.95. The van der Waals surface area contributed by atoms with E-state index in [-0.39, 0.29) is 17.3 Å². The number of non-ortho nitro benzene ring substituents is 1. The lowest BCUT2D eigenvalue weighted by Gasteiger charge is -2.07. The first kappa shape index (κ1) is 13.8. The second kappa shape index (κ2) is 5.69. The molecule has 3 aromatic rings. The second-order valence-corrected chi connectivity index (χ2v) is 4.51. The van der Waals surface area contributed by atoms with Crippen LogP contribution in [0.2, 0.25) is 0 Å². The van der Waals surface area contributed by atoms with Crippen LogP contribution < -0.4 is 4.74 Å². The third-order valence-corrected chi connectivity index (χ3v) is 2.96. The highest BCUT2D eigenvalue weighted by molar-refractivity contribution is 5.64. The molecule has 0 aliphatic rings. The minimum Gasteiger partial charge on any atom is -0.464 e. The largest absolute Gasteiger partial charge is 0.464 e. The molecule has 0 unspecified atom stereocenters. The number of nitro groups is 1. The van der Waals surface area contributed by atoms with Crippen LogP contribution >= 0.6 is 0 Å². The number of rotatable bonds is 4. The Balaban J connectivity index is 1.99. The summed E-state index contributed by atoms with van der Waals surface area (Å²) in [6.07, 6.45) is 1.48. The van der Waals surface area contributed by atoms with Gasteiger partial charge in [-0.3, -0.25) is 10.1 Å². The van der Waals surface area contributed by atoms with Crippen molar-refractivity contribution < 1.29 is 18.5 Å². The predicted octanol–water partition coefficient (Wildman–Crippen LogP) is 4.79. The lowest BCUT2D eigenvalue weighted by molar-refractivity contribution is -0.384. The van der Waals surface area contributed by atoms with Crippen LogP contribution in [0.15, 0.2) is 65.3 Å². The summed E-state index contributed by atoms with van der Waals surface area (Å²) in [5.41, 5.74) is 0.405. The van der Waals surface area contributed by atoms with Crippen LogP contribution in [-0.2, 0) is 0 Å². The van der Waals surface area contributed by atoms with Gasteiger partial charge < -0.3 is 9.15 Å². The average Bonchev–Trinajstić information content (AvgIpc) is 3.04. The maximum Gasteiger partial charge on any atom is 0.273 e. The van der Waals surface area contributed by atoms with Gasteiger partial charge in [-0.05, 0) is 42.5 Å². The average molecular weight is 299 g/mol. The van der Waals surface area contributed by atoms with E-state index < -0.39 is 4.92 Å². The standard InChI is InChI=1S/C16H10FNO4/c17-12-3-5-14(6-4-12)22-15-9-11(16-2-1-7-21-16)8-13(10-15)18(19)20/h1-10H. The fraction of sp³-hybridized carbons (Fsp3) is 0. The smallest absolute Gasteiger partial charge is 0.273 e. The van der Waals surface area contributed by atoms with Gasteiger partial charge in [0.05, 0.1) is 17.3 Å². The van der Waals surface area contributed by atoms with E-state index in [0.29, 0.717) is 17.1 Å². The van der Waals surface area contributed by atoms with Crippen LogP contribution in [-0.4, -0.2) is 4.92 Å². The molecule has 6 heteroatoms. The van der Waals surface area contributed by atoms with Gasteiger partial charge in [-0.25, -0.2) is 4.39 Å². The molecular formula is C16H10FNO4. The first-order valence-electron chi connectivity index (χ1n) is 6.38. The predicted molar refractivity (Wildman–Crippen MR) is 77.3 cm³/mol. The molecule has 3 rings (SSSR count). The Morgan fingerprint density at radius 3 is 2.45 bits per heavy atom. The number of nitro benzene ring substituents is 1. The molecule has 1 heterocycles. The zero-order chi connectivity index (χ0) is 15.5. The molecule has 1 aromatic heterocycles. The zero-order valence-corrected chi connectivity index (χ0v) is 11.2. The Labute approximate surface area is 124 Å². The van der Waals surface area contributed by atoms with Gasteiger partial charge in [0.2, 0.25) is 0 Å². The molecule has 0 saturated carbocycles. The van der Waals surface area contributed by atoms with Gasteiger partial charge in [0, 0.05) is 11.6 Å². The van der Waals surface area contributed by atoms with Gasteiger partial charge in [-0.15, -0.1) is 0 Å². The Kier molecular flexibility index (Phi) is 3.57. The van der Waals surface area contributed by atoms with Gasteiger partial charge in [0.1, 0.15) is 23.1 Å². The minimum atomic E-state index is -0.510. The van der Waals surface area contributed by atoms with Crippen molar-refractivity contribution in [3.05, 3.63) is 76.8 Å². The number of furan rings is 1. The van der Waals surface area contributed by atoms with Crippen molar-refractivity contribution in [2.45, 2.75) is 0 Å². The molecule has 2 aromatic carbocycles. The van der Waals surface area contributed by atoms with Crippen LogP contribution in [0.1, 0.15) is 0 Å². The monoisotopic (exact) mass is 299 g/mol. The first-order chi connectivity index (χ1) is 10.6. The maximum absolute atomic E-state index is 12.9. The first-order valence-corrected chi connectivity index (χ1v) is 6.38. The van der Waals surface area contributed by atoms with Gasteiger partial charge in [0.25, 0.3) is 5.69 Å². The minimum absolute atomic E-state index is 0.119. The Hall–Kier alpha value is -3.15. The molecule has 5 nitrogen and oxygen atoms in total. The highest BCUT2D eigenvalue weighted by atomic mass is 19.1. The van der Waals surface area contributed by atoms with Crippen molar-refractivity contribution in [1.82, 2.24) is 0 Å². The van der Waals surface area contributed by atoms with Crippen LogP contribution in [0.3, 0.4) is 0 Å². The number of hydrogen-bond donors (Lipinski definition) is 0. The highest BCUT2D eigenvalue weighted by Gasteiger charge is 2.13. The van der Waals surface area contributed by atoms with E-state index in [1.807, 2.05) is 0 Å². The van der Waals surface area contributed by atoms with E-state index in [4.69, 9.17) is 9.15 Å². The number of ether oxygens (including phenoxy) is 1. The third-order valence-electron chi connectivity index (χ3n) is 2.96. The molecule has 22 heavy (non-hydrogen) atoms. The van der Waals surface area contributed by atoms with E-state index in [9.17, 15) is 14.5 Å². The molecule has 0 N–H and O–H groups in total. The molecule has 0 saturated heterocycles. The van der Waals surface area contributed by atoms with Crippen molar-refractivity contribution in [1.29, 1.82) is 0 Å². The van der Waals surface area contributed by atoms with Crippen LogP contribution in [0.5, 0.6) is 11.5 Å². The van der Waals surface area contributed by atoms with Crippen molar-refractivity contribution >= 4 is 5.69 Å².